The molecule has 2 fully saturated rings. The molecule has 0 atom stereocenters. The summed E-state index contributed by atoms with van der Waals surface area (Å²) in [5.41, 5.74) is -0.518. The van der Waals surface area contributed by atoms with Gasteiger partial charge in [-0.1, -0.05) is 12.8 Å². The van der Waals surface area contributed by atoms with E-state index in [0.717, 1.165) is 25.7 Å². The molecule has 0 radical (unpaired) electrons. The molecule has 23 heavy (non-hydrogen) atoms. The molecule has 7 heteroatoms. The van der Waals surface area contributed by atoms with Crippen molar-refractivity contribution in [2.45, 2.75) is 70.9 Å². The monoisotopic (exact) mass is 346 g/mol. The third-order valence-corrected chi connectivity index (χ3v) is 6.53. The molecule has 1 saturated carbocycles. The molecule has 1 saturated heterocycles. The largest absolute Gasteiger partial charge is 0.444 e. The first-order chi connectivity index (χ1) is 10.7. The van der Waals surface area contributed by atoms with Gasteiger partial charge in [0.25, 0.3) is 0 Å². The fourth-order valence-electron chi connectivity index (χ4n) is 3.33. The molecule has 0 spiro atoms. The van der Waals surface area contributed by atoms with E-state index < -0.39 is 21.7 Å². The molecule has 0 aromatic carbocycles. The van der Waals surface area contributed by atoms with Crippen LogP contribution in [0.4, 0.5) is 4.79 Å². The lowest BCUT2D eigenvalue weighted by Gasteiger charge is -2.32. The van der Waals surface area contributed by atoms with E-state index >= 15 is 0 Å². The van der Waals surface area contributed by atoms with Crippen LogP contribution in [0.1, 0.15) is 59.3 Å². The number of nitrogens with one attached hydrogen (secondary N) is 1. The van der Waals surface area contributed by atoms with Crippen molar-refractivity contribution in [3.8, 4) is 0 Å². The summed E-state index contributed by atoms with van der Waals surface area (Å²) in [6.07, 6.45) is 5.24. The van der Waals surface area contributed by atoms with Crippen LogP contribution in [0.25, 0.3) is 0 Å². The van der Waals surface area contributed by atoms with Gasteiger partial charge >= 0.3 is 6.09 Å². The predicted molar refractivity (Wildman–Crippen MR) is 89.7 cm³/mol. The summed E-state index contributed by atoms with van der Waals surface area (Å²) in [7, 11) is -3.16. The highest BCUT2D eigenvalue weighted by Gasteiger charge is 2.32. The number of rotatable bonds is 4. The molecule has 2 rings (SSSR count). The zero-order valence-corrected chi connectivity index (χ0v) is 15.3. The molecule has 1 N–H and O–H groups in total. The molecule has 1 amide bonds. The van der Waals surface area contributed by atoms with E-state index in [1.165, 1.54) is 0 Å². The third kappa shape index (κ3) is 5.95. The van der Waals surface area contributed by atoms with Gasteiger partial charge in [-0.15, -0.1) is 0 Å². The van der Waals surface area contributed by atoms with E-state index in [0.29, 0.717) is 31.8 Å². The van der Waals surface area contributed by atoms with Crippen LogP contribution in [0.5, 0.6) is 0 Å². The van der Waals surface area contributed by atoms with Crippen molar-refractivity contribution < 1.29 is 17.9 Å². The van der Waals surface area contributed by atoms with Gasteiger partial charge in [0, 0.05) is 19.1 Å². The van der Waals surface area contributed by atoms with Crippen molar-refractivity contribution in [2.75, 3.05) is 18.8 Å². The minimum absolute atomic E-state index is 0.0113. The van der Waals surface area contributed by atoms with Gasteiger partial charge in [-0.3, -0.25) is 0 Å². The lowest BCUT2D eigenvalue weighted by atomic mass is 10.1. The van der Waals surface area contributed by atoms with Gasteiger partial charge in [-0.25, -0.2) is 17.5 Å². The maximum atomic E-state index is 12.5. The zero-order chi connectivity index (χ0) is 17.1. The number of nitrogens with zero attached hydrogens (tertiary/aromatic N) is 1. The number of carbonyl (C=O) groups is 1. The van der Waals surface area contributed by atoms with Gasteiger partial charge in [-0.05, 0) is 52.4 Å². The van der Waals surface area contributed by atoms with E-state index in [-0.39, 0.29) is 11.8 Å². The maximum absolute atomic E-state index is 12.5. The molecule has 0 unspecified atom stereocenters. The van der Waals surface area contributed by atoms with Crippen molar-refractivity contribution >= 4 is 16.1 Å². The number of sulfonamides is 1. The molecule has 0 aromatic rings. The molecule has 1 aliphatic carbocycles. The van der Waals surface area contributed by atoms with E-state index in [9.17, 15) is 13.2 Å². The van der Waals surface area contributed by atoms with Crippen LogP contribution < -0.4 is 5.32 Å². The van der Waals surface area contributed by atoms with E-state index in [1.807, 2.05) is 20.8 Å². The SMILES string of the molecule is CC(C)(C)OC(=O)NC1CCN(S(=O)(=O)CC2CCCC2)CC1. The summed E-state index contributed by atoms with van der Waals surface area (Å²) in [4.78, 5) is 11.8. The van der Waals surface area contributed by atoms with Crippen LogP contribution >= 0.6 is 0 Å². The van der Waals surface area contributed by atoms with Gasteiger partial charge in [-0.2, -0.15) is 0 Å². The summed E-state index contributed by atoms with van der Waals surface area (Å²) < 4.78 is 31.8. The Morgan fingerprint density at radius 2 is 1.70 bits per heavy atom. The number of alkyl carbamates (subject to hydrolysis) is 1. The average molecular weight is 346 g/mol. The minimum Gasteiger partial charge on any atom is -0.444 e. The Kier molecular flexibility index (Phi) is 5.94. The van der Waals surface area contributed by atoms with E-state index in [2.05, 4.69) is 5.32 Å². The summed E-state index contributed by atoms with van der Waals surface area (Å²) in [6, 6.07) is -0.0113. The third-order valence-electron chi connectivity index (χ3n) is 4.49. The zero-order valence-electron chi connectivity index (χ0n) is 14.5. The standard InChI is InChI=1S/C16H30N2O4S/c1-16(2,3)22-15(19)17-14-8-10-18(11-9-14)23(20,21)12-13-6-4-5-7-13/h13-14H,4-12H2,1-3H3,(H,17,19). The Labute approximate surface area is 140 Å². The molecule has 1 aliphatic heterocycles. The summed E-state index contributed by atoms with van der Waals surface area (Å²) >= 11 is 0. The van der Waals surface area contributed by atoms with Crippen LogP contribution in [-0.4, -0.2) is 49.3 Å². The number of amides is 1. The fourth-order valence-corrected chi connectivity index (χ4v) is 5.24. The minimum atomic E-state index is -3.16. The van der Waals surface area contributed by atoms with Crippen molar-refractivity contribution in [3.63, 3.8) is 0 Å². The van der Waals surface area contributed by atoms with Gasteiger partial charge in [0.2, 0.25) is 10.0 Å². The lowest BCUT2D eigenvalue weighted by molar-refractivity contribution is 0.0489. The molecular formula is C16H30N2O4S. The molecule has 6 nitrogen and oxygen atoms in total. The van der Waals surface area contributed by atoms with Gasteiger partial charge in [0.15, 0.2) is 0 Å². The first kappa shape index (κ1) is 18.5. The van der Waals surface area contributed by atoms with Crippen LogP contribution in [0.2, 0.25) is 0 Å². The molecule has 134 valence electrons. The van der Waals surface area contributed by atoms with Crippen molar-refractivity contribution in [1.29, 1.82) is 0 Å². The average Bonchev–Trinajstić information content (AvgIpc) is 2.89. The fraction of sp³-hybridized carbons (Fsp3) is 0.938. The molecular weight excluding hydrogens is 316 g/mol. The Morgan fingerprint density at radius 3 is 2.22 bits per heavy atom. The molecule has 0 bridgehead atoms. The van der Waals surface area contributed by atoms with Crippen molar-refractivity contribution in [2.24, 2.45) is 5.92 Å². The highest BCUT2D eigenvalue weighted by molar-refractivity contribution is 7.89. The second-order valence-electron chi connectivity index (χ2n) is 7.75. The number of ether oxygens (including phenoxy) is 1. The molecule has 1 heterocycles. The second-order valence-corrected chi connectivity index (χ2v) is 9.76. The molecule has 2 aliphatic rings. The summed E-state index contributed by atoms with van der Waals surface area (Å²) in [6.45, 7) is 6.44. The van der Waals surface area contributed by atoms with E-state index in [4.69, 9.17) is 4.74 Å². The van der Waals surface area contributed by atoms with Gasteiger partial charge in [0.05, 0.1) is 5.75 Å². The highest BCUT2D eigenvalue weighted by atomic mass is 32.2. The smallest absolute Gasteiger partial charge is 0.407 e. The summed E-state index contributed by atoms with van der Waals surface area (Å²) in [5.74, 6) is 0.620. The predicted octanol–water partition coefficient (Wildman–Crippen LogP) is 2.50. The first-order valence-electron chi connectivity index (χ1n) is 8.63. The maximum Gasteiger partial charge on any atom is 0.407 e. The first-order valence-corrected chi connectivity index (χ1v) is 10.2. The van der Waals surface area contributed by atoms with Crippen LogP contribution in [0.15, 0.2) is 0 Å². The highest BCUT2D eigenvalue weighted by Crippen LogP contribution is 2.27. The quantitative estimate of drug-likeness (QED) is 0.848. The number of carbonyl (C=O) groups excluding carboxylic acids is 1. The van der Waals surface area contributed by atoms with Gasteiger partial charge in [0.1, 0.15) is 5.60 Å². The number of hydrogen-bond acceptors (Lipinski definition) is 4. The lowest BCUT2D eigenvalue weighted by Crippen LogP contribution is -2.48. The Bertz CT molecular complexity index is 499. The Balaban J connectivity index is 1.77. The summed E-state index contributed by atoms with van der Waals surface area (Å²) in [5, 5.41) is 2.84. The topological polar surface area (TPSA) is 75.7 Å². The van der Waals surface area contributed by atoms with Crippen molar-refractivity contribution in [1.82, 2.24) is 9.62 Å². The van der Waals surface area contributed by atoms with Crippen LogP contribution in [0, 0.1) is 5.92 Å². The second kappa shape index (κ2) is 7.38. The van der Waals surface area contributed by atoms with E-state index in [1.54, 1.807) is 4.31 Å². The number of hydrogen-bond donors (Lipinski definition) is 1. The molecule has 0 aromatic heterocycles. The number of piperidine rings is 1. The van der Waals surface area contributed by atoms with Crippen LogP contribution in [0.3, 0.4) is 0 Å². The van der Waals surface area contributed by atoms with Gasteiger partial charge < -0.3 is 10.1 Å². The Hall–Kier alpha value is -0.820. The van der Waals surface area contributed by atoms with Crippen molar-refractivity contribution in [3.05, 3.63) is 0 Å². The Morgan fingerprint density at radius 1 is 1.13 bits per heavy atom. The normalized spacial score (nSPS) is 22.2. The van der Waals surface area contributed by atoms with Crippen LogP contribution in [-0.2, 0) is 14.8 Å².